The van der Waals surface area contributed by atoms with Gasteiger partial charge in [-0.05, 0) is 19.8 Å². The Morgan fingerprint density at radius 1 is 1.61 bits per heavy atom. The van der Waals surface area contributed by atoms with Gasteiger partial charge >= 0.3 is 0 Å². The molecule has 1 aromatic heterocycles. The van der Waals surface area contributed by atoms with Gasteiger partial charge in [-0.3, -0.25) is 0 Å². The molecule has 1 fully saturated rings. The van der Waals surface area contributed by atoms with Gasteiger partial charge in [0.15, 0.2) is 0 Å². The summed E-state index contributed by atoms with van der Waals surface area (Å²) in [6, 6.07) is 0. The zero-order valence-corrected chi connectivity index (χ0v) is 11.3. The van der Waals surface area contributed by atoms with E-state index in [4.69, 9.17) is 9.47 Å². The first kappa shape index (κ1) is 13.5. The highest BCUT2D eigenvalue weighted by Crippen LogP contribution is 2.27. The second kappa shape index (κ2) is 6.31. The third kappa shape index (κ3) is 3.54. The summed E-state index contributed by atoms with van der Waals surface area (Å²) >= 11 is 0. The molecule has 1 saturated heterocycles. The Morgan fingerprint density at radius 3 is 3.22 bits per heavy atom. The first-order chi connectivity index (χ1) is 8.73. The van der Waals surface area contributed by atoms with Gasteiger partial charge in [-0.1, -0.05) is 0 Å². The Labute approximate surface area is 108 Å². The number of rotatable bonds is 7. The van der Waals surface area contributed by atoms with Gasteiger partial charge in [-0.25, -0.2) is 4.98 Å². The molecule has 0 aliphatic carbocycles. The lowest BCUT2D eigenvalue weighted by Crippen LogP contribution is -2.31. The number of hydrogen-bond acceptors (Lipinski definition) is 4. The molecule has 0 spiro atoms. The Hall–Kier alpha value is -0.910. The minimum atomic E-state index is -0.0258. The molecule has 1 aromatic rings. The first-order valence-corrected chi connectivity index (χ1v) is 6.56. The molecule has 1 aliphatic heterocycles. The van der Waals surface area contributed by atoms with E-state index >= 15 is 0 Å². The van der Waals surface area contributed by atoms with Crippen LogP contribution in [0.15, 0.2) is 12.5 Å². The highest BCUT2D eigenvalue weighted by molar-refractivity contribution is 5.00. The maximum absolute atomic E-state index is 5.82. The molecular formula is C13H23N3O2. The van der Waals surface area contributed by atoms with Crippen molar-refractivity contribution in [2.24, 2.45) is 0 Å². The molecule has 1 aliphatic rings. The highest BCUT2D eigenvalue weighted by Gasteiger charge is 2.30. The normalized spacial score (nSPS) is 23.7. The van der Waals surface area contributed by atoms with Crippen molar-refractivity contribution in [2.45, 2.75) is 38.5 Å². The Morgan fingerprint density at radius 2 is 2.50 bits per heavy atom. The van der Waals surface area contributed by atoms with Gasteiger partial charge in [0.1, 0.15) is 0 Å². The van der Waals surface area contributed by atoms with E-state index in [-0.39, 0.29) is 5.60 Å². The van der Waals surface area contributed by atoms with E-state index in [2.05, 4.69) is 21.8 Å². The lowest BCUT2D eigenvalue weighted by Gasteiger charge is -2.24. The van der Waals surface area contributed by atoms with Gasteiger partial charge in [0.05, 0.1) is 30.8 Å². The molecule has 0 aromatic carbocycles. The largest absolute Gasteiger partial charge is 0.383 e. The van der Waals surface area contributed by atoms with Crippen molar-refractivity contribution >= 4 is 0 Å². The summed E-state index contributed by atoms with van der Waals surface area (Å²) in [7, 11) is 1.71. The third-order valence-electron chi connectivity index (χ3n) is 3.39. The van der Waals surface area contributed by atoms with Crippen LogP contribution in [0.25, 0.3) is 0 Å². The van der Waals surface area contributed by atoms with Gasteiger partial charge in [-0.15, -0.1) is 0 Å². The fourth-order valence-corrected chi connectivity index (χ4v) is 2.35. The van der Waals surface area contributed by atoms with E-state index in [1.807, 2.05) is 12.5 Å². The zero-order valence-electron chi connectivity index (χ0n) is 11.3. The van der Waals surface area contributed by atoms with E-state index in [0.717, 1.165) is 45.7 Å². The molecule has 1 unspecified atom stereocenters. The average Bonchev–Trinajstić information content (AvgIpc) is 2.95. The predicted octanol–water partition coefficient (Wildman–Crippen LogP) is 1.19. The molecule has 0 bridgehead atoms. The van der Waals surface area contributed by atoms with E-state index < -0.39 is 0 Å². The van der Waals surface area contributed by atoms with E-state index in [9.17, 15) is 0 Å². The van der Waals surface area contributed by atoms with Crippen molar-refractivity contribution in [3.63, 3.8) is 0 Å². The quantitative estimate of drug-likeness (QED) is 0.742. The number of hydrogen-bond donors (Lipinski definition) is 1. The molecule has 18 heavy (non-hydrogen) atoms. The minimum absolute atomic E-state index is 0.0258. The summed E-state index contributed by atoms with van der Waals surface area (Å²) in [5.74, 6) is 0. The molecule has 5 heteroatoms. The summed E-state index contributed by atoms with van der Waals surface area (Å²) < 4.78 is 13.0. The van der Waals surface area contributed by atoms with Crippen LogP contribution in [-0.2, 0) is 22.6 Å². The summed E-state index contributed by atoms with van der Waals surface area (Å²) in [6.45, 7) is 6.35. The lowest BCUT2D eigenvalue weighted by atomic mass is 10.0. The lowest BCUT2D eigenvalue weighted by molar-refractivity contribution is 0.00561. The van der Waals surface area contributed by atoms with E-state index in [0.29, 0.717) is 0 Å². The van der Waals surface area contributed by atoms with Crippen molar-refractivity contribution in [1.82, 2.24) is 14.9 Å². The molecular weight excluding hydrogens is 230 g/mol. The van der Waals surface area contributed by atoms with Crippen LogP contribution in [0.3, 0.4) is 0 Å². The summed E-state index contributed by atoms with van der Waals surface area (Å²) in [4.78, 5) is 4.23. The molecule has 0 saturated carbocycles. The van der Waals surface area contributed by atoms with Gasteiger partial charge in [0.2, 0.25) is 0 Å². The zero-order chi connectivity index (χ0) is 12.8. The molecule has 102 valence electrons. The van der Waals surface area contributed by atoms with Gasteiger partial charge < -0.3 is 19.4 Å². The predicted molar refractivity (Wildman–Crippen MR) is 69.4 cm³/mol. The van der Waals surface area contributed by atoms with Crippen LogP contribution in [0.4, 0.5) is 0 Å². The van der Waals surface area contributed by atoms with Gasteiger partial charge in [-0.2, -0.15) is 0 Å². The minimum Gasteiger partial charge on any atom is -0.383 e. The van der Waals surface area contributed by atoms with Crippen molar-refractivity contribution in [3.05, 3.63) is 18.2 Å². The van der Waals surface area contributed by atoms with Crippen molar-refractivity contribution in [2.75, 3.05) is 26.9 Å². The maximum Gasteiger partial charge on any atom is 0.0949 e. The van der Waals surface area contributed by atoms with Crippen LogP contribution in [0.5, 0.6) is 0 Å². The molecule has 0 amide bonds. The molecule has 2 rings (SSSR count). The summed E-state index contributed by atoms with van der Waals surface area (Å²) in [5.41, 5.74) is 1.17. The van der Waals surface area contributed by atoms with E-state index in [1.165, 1.54) is 5.69 Å². The van der Waals surface area contributed by atoms with Crippen LogP contribution in [0, 0.1) is 0 Å². The number of nitrogens with zero attached hydrogens (tertiary/aromatic N) is 2. The number of methoxy groups -OCH3 is 1. The second-order valence-electron chi connectivity index (χ2n) is 5.08. The molecule has 1 N–H and O–H groups in total. The monoisotopic (exact) mass is 253 g/mol. The average molecular weight is 253 g/mol. The topological polar surface area (TPSA) is 48.3 Å². The molecule has 0 radical (unpaired) electrons. The number of aromatic nitrogens is 2. The van der Waals surface area contributed by atoms with E-state index in [1.54, 1.807) is 7.11 Å². The number of ether oxygens (including phenoxy) is 2. The van der Waals surface area contributed by atoms with Gasteiger partial charge in [0.25, 0.3) is 0 Å². The number of imidazole rings is 1. The Kier molecular flexibility index (Phi) is 4.74. The molecule has 5 nitrogen and oxygen atoms in total. The smallest absolute Gasteiger partial charge is 0.0949 e. The summed E-state index contributed by atoms with van der Waals surface area (Å²) in [5, 5.41) is 3.34. The third-order valence-corrected chi connectivity index (χ3v) is 3.39. The Balaban J connectivity index is 1.87. The SMILES string of the molecule is COCCNCc1cncn1CC1(C)CCCO1. The maximum atomic E-state index is 5.82. The van der Waals surface area contributed by atoms with Crippen LogP contribution < -0.4 is 5.32 Å². The van der Waals surface area contributed by atoms with Crippen LogP contribution >= 0.6 is 0 Å². The van der Waals surface area contributed by atoms with Gasteiger partial charge in [0, 0.05) is 33.0 Å². The molecule has 2 heterocycles. The number of nitrogens with one attached hydrogen (secondary N) is 1. The van der Waals surface area contributed by atoms with Crippen LogP contribution in [-0.4, -0.2) is 42.0 Å². The van der Waals surface area contributed by atoms with Crippen molar-refractivity contribution < 1.29 is 9.47 Å². The fourth-order valence-electron chi connectivity index (χ4n) is 2.35. The van der Waals surface area contributed by atoms with Crippen LogP contribution in [0.1, 0.15) is 25.5 Å². The Bertz CT molecular complexity index is 359. The van der Waals surface area contributed by atoms with Crippen LogP contribution in [0.2, 0.25) is 0 Å². The molecule has 1 atom stereocenters. The second-order valence-corrected chi connectivity index (χ2v) is 5.08. The summed E-state index contributed by atoms with van der Waals surface area (Å²) in [6.07, 6.45) is 6.09. The van der Waals surface area contributed by atoms with Crippen molar-refractivity contribution in [3.8, 4) is 0 Å². The van der Waals surface area contributed by atoms with Crippen molar-refractivity contribution in [1.29, 1.82) is 0 Å². The fraction of sp³-hybridized carbons (Fsp3) is 0.769. The first-order valence-electron chi connectivity index (χ1n) is 6.56. The highest BCUT2D eigenvalue weighted by atomic mass is 16.5. The standard InChI is InChI=1S/C13H23N3O2/c1-13(4-3-6-18-13)10-16-11-15-9-12(16)8-14-5-7-17-2/h9,11,14H,3-8,10H2,1-2H3.